The van der Waals surface area contributed by atoms with Crippen LogP contribution in [0.4, 0.5) is 0 Å². The Morgan fingerprint density at radius 1 is 1.50 bits per heavy atom. The minimum absolute atomic E-state index is 0.144. The molecule has 0 radical (unpaired) electrons. The molecule has 3 unspecified atom stereocenters. The fourth-order valence-electron chi connectivity index (χ4n) is 2.69. The number of rotatable bonds is 3. The van der Waals surface area contributed by atoms with Crippen LogP contribution in [0.2, 0.25) is 0 Å². The topological polar surface area (TPSA) is 39.1 Å². The normalized spacial score (nSPS) is 34.0. The summed E-state index contributed by atoms with van der Waals surface area (Å²) in [6.07, 6.45) is 3.97. The summed E-state index contributed by atoms with van der Waals surface area (Å²) in [5.41, 5.74) is 0. The van der Waals surface area contributed by atoms with Crippen LogP contribution in [-0.4, -0.2) is 36.6 Å². The van der Waals surface area contributed by atoms with Crippen molar-refractivity contribution in [2.75, 3.05) is 19.6 Å². The minimum Gasteiger partial charge on any atom is -0.311 e. The quantitative estimate of drug-likeness (QED) is 0.726. The van der Waals surface area contributed by atoms with Crippen molar-refractivity contribution in [3.63, 3.8) is 0 Å². The molecule has 78 valence electrons. The van der Waals surface area contributed by atoms with Gasteiger partial charge in [-0.3, -0.25) is 4.90 Å². The molecule has 0 bridgehead atoms. The van der Waals surface area contributed by atoms with Gasteiger partial charge in [0.15, 0.2) is 0 Å². The van der Waals surface area contributed by atoms with Gasteiger partial charge in [-0.2, -0.15) is 5.26 Å². The molecule has 3 heteroatoms. The summed E-state index contributed by atoms with van der Waals surface area (Å²) in [5.74, 6) is 0.144. The predicted octanol–water partition coefficient (Wildman–Crippen LogP) is 0.972. The van der Waals surface area contributed by atoms with Gasteiger partial charge in [0.1, 0.15) is 0 Å². The zero-order chi connectivity index (χ0) is 9.97. The molecule has 2 saturated heterocycles. The first-order chi connectivity index (χ1) is 6.81. The second-order valence-electron chi connectivity index (χ2n) is 4.58. The first-order valence-corrected chi connectivity index (χ1v) is 5.68. The number of nitrogens with one attached hydrogen (secondary N) is 1. The van der Waals surface area contributed by atoms with E-state index in [1.807, 2.05) is 6.92 Å². The molecule has 3 nitrogen and oxygen atoms in total. The van der Waals surface area contributed by atoms with E-state index in [1.54, 1.807) is 0 Å². The van der Waals surface area contributed by atoms with E-state index in [9.17, 15) is 0 Å². The highest BCUT2D eigenvalue weighted by molar-refractivity contribution is 4.96. The summed E-state index contributed by atoms with van der Waals surface area (Å²) < 4.78 is 0. The van der Waals surface area contributed by atoms with Gasteiger partial charge >= 0.3 is 0 Å². The summed E-state index contributed by atoms with van der Waals surface area (Å²) in [6.45, 7) is 5.37. The van der Waals surface area contributed by atoms with Gasteiger partial charge in [-0.15, -0.1) is 0 Å². The smallest absolute Gasteiger partial charge is 0.0666 e. The largest absolute Gasteiger partial charge is 0.311 e. The number of hydrogen-bond acceptors (Lipinski definition) is 3. The highest BCUT2D eigenvalue weighted by atomic mass is 15.2. The molecule has 2 aliphatic heterocycles. The third-order valence-corrected chi connectivity index (χ3v) is 3.51. The maximum absolute atomic E-state index is 8.70. The summed E-state index contributed by atoms with van der Waals surface area (Å²) in [4.78, 5) is 2.59. The Labute approximate surface area is 86.1 Å². The lowest BCUT2D eigenvalue weighted by atomic mass is 10.1. The van der Waals surface area contributed by atoms with Gasteiger partial charge in [0.2, 0.25) is 0 Å². The van der Waals surface area contributed by atoms with Crippen LogP contribution in [0.3, 0.4) is 0 Å². The van der Waals surface area contributed by atoms with Gasteiger partial charge < -0.3 is 5.32 Å². The first kappa shape index (κ1) is 9.95. The van der Waals surface area contributed by atoms with Crippen LogP contribution in [0.25, 0.3) is 0 Å². The van der Waals surface area contributed by atoms with Crippen molar-refractivity contribution in [1.29, 1.82) is 5.26 Å². The molecule has 2 aliphatic rings. The second kappa shape index (κ2) is 4.29. The van der Waals surface area contributed by atoms with Crippen LogP contribution in [-0.2, 0) is 0 Å². The Hall–Kier alpha value is -0.590. The van der Waals surface area contributed by atoms with E-state index >= 15 is 0 Å². The molecule has 3 atom stereocenters. The van der Waals surface area contributed by atoms with E-state index in [-0.39, 0.29) is 5.92 Å². The van der Waals surface area contributed by atoms with Crippen molar-refractivity contribution in [1.82, 2.24) is 10.2 Å². The summed E-state index contributed by atoms with van der Waals surface area (Å²) >= 11 is 0. The van der Waals surface area contributed by atoms with Crippen molar-refractivity contribution < 1.29 is 0 Å². The Balaban J connectivity index is 1.79. The fraction of sp³-hybridized carbons (Fsp3) is 0.909. The maximum Gasteiger partial charge on any atom is 0.0666 e. The number of nitrogens with zero attached hydrogens (tertiary/aromatic N) is 2. The number of nitriles is 1. The van der Waals surface area contributed by atoms with Crippen LogP contribution in [0.5, 0.6) is 0 Å². The van der Waals surface area contributed by atoms with E-state index in [0.29, 0.717) is 6.04 Å². The van der Waals surface area contributed by atoms with Gasteiger partial charge in [0.05, 0.1) is 12.0 Å². The molecule has 0 aromatic rings. The van der Waals surface area contributed by atoms with Gasteiger partial charge in [-0.1, -0.05) is 0 Å². The van der Waals surface area contributed by atoms with Gasteiger partial charge in [0.25, 0.3) is 0 Å². The fourth-order valence-corrected chi connectivity index (χ4v) is 2.69. The molecular weight excluding hydrogens is 174 g/mol. The van der Waals surface area contributed by atoms with Crippen LogP contribution in [0, 0.1) is 17.2 Å². The van der Waals surface area contributed by atoms with Crippen LogP contribution < -0.4 is 5.32 Å². The average molecular weight is 193 g/mol. The molecule has 2 fully saturated rings. The van der Waals surface area contributed by atoms with Crippen molar-refractivity contribution in [3.8, 4) is 6.07 Å². The highest BCUT2D eigenvalue weighted by Gasteiger charge is 2.36. The molecular formula is C11H19N3. The Bertz CT molecular complexity index is 233. The summed E-state index contributed by atoms with van der Waals surface area (Å²) in [5, 5.41) is 12.2. The zero-order valence-electron chi connectivity index (χ0n) is 8.87. The van der Waals surface area contributed by atoms with Crippen LogP contribution in [0.15, 0.2) is 0 Å². The molecule has 0 aromatic heterocycles. The van der Waals surface area contributed by atoms with E-state index in [1.165, 1.54) is 32.4 Å². The molecule has 0 aliphatic carbocycles. The molecule has 1 N–H and O–H groups in total. The first-order valence-electron chi connectivity index (χ1n) is 5.68. The Morgan fingerprint density at radius 2 is 2.36 bits per heavy atom. The van der Waals surface area contributed by atoms with Crippen molar-refractivity contribution in [2.45, 2.75) is 38.3 Å². The predicted molar refractivity (Wildman–Crippen MR) is 55.8 cm³/mol. The monoisotopic (exact) mass is 193 g/mol. The lowest BCUT2D eigenvalue weighted by molar-refractivity contribution is 0.297. The van der Waals surface area contributed by atoms with Crippen LogP contribution in [0.1, 0.15) is 26.2 Å². The zero-order valence-corrected chi connectivity index (χ0v) is 8.87. The van der Waals surface area contributed by atoms with E-state index in [4.69, 9.17) is 5.26 Å². The molecule has 2 rings (SSSR count). The maximum atomic E-state index is 8.70. The SMILES string of the molecule is CC(C#N)CNC1CCN2CCCC12. The van der Waals surface area contributed by atoms with E-state index in [2.05, 4.69) is 16.3 Å². The number of fused-ring (bicyclic) bond motifs is 1. The standard InChI is InChI=1S/C11H19N3/c1-9(7-12)8-13-10-4-6-14-5-2-3-11(10)14/h9-11,13H,2-6,8H2,1H3. The second-order valence-corrected chi connectivity index (χ2v) is 4.58. The highest BCUT2D eigenvalue weighted by Crippen LogP contribution is 2.27. The lowest BCUT2D eigenvalue weighted by Crippen LogP contribution is -2.40. The van der Waals surface area contributed by atoms with Crippen molar-refractivity contribution in [3.05, 3.63) is 0 Å². The minimum atomic E-state index is 0.144. The van der Waals surface area contributed by atoms with Crippen molar-refractivity contribution in [2.24, 2.45) is 5.92 Å². The molecule has 14 heavy (non-hydrogen) atoms. The number of hydrogen-bond donors (Lipinski definition) is 1. The third kappa shape index (κ3) is 1.92. The molecule has 0 amide bonds. The molecule has 0 aromatic carbocycles. The van der Waals surface area contributed by atoms with Crippen molar-refractivity contribution >= 4 is 0 Å². The molecule has 0 saturated carbocycles. The Kier molecular flexibility index (Phi) is 3.05. The summed E-state index contributed by atoms with van der Waals surface area (Å²) in [6, 6.07) is 3.68. The van der Waals surface area contributed by atoms with Gasteiger partial charge in [0, 0.05) is 25.2 Å². The lowest BCUT2D eigenvalue weighted by Gasteiger charge is -2.21. The molecule has 2 heterocycles. The third-order valence-electron chi connectivity index (χ3n) is 3.51. The van der Waals surface area contributed by atoms with Crippen LogP contribution >= 0.6 is 0 Å². The van der Waals surface area contributed by atoms with Gasteiger partial charge in [-0.05, 0) is 32.7 Å². The van der Waals surface area contributed by atoms with Gasteiger partial charge in [-0.25, -0.2) is 0 Å². The molecule has 0 spiro atoms. The Morgan fingerprint density at radius 3 is 3.14 bits per heavy atom. The average Bonchev–Trinajstić information content (AvgIpc) is 2.76. The van der Waals surface area contributed by atoms with E-state index in [0.717, 1.165) is 12.6 Å². The summed E-state index contributed by atoms with van der Waals surface area (Å²) in [7, 11) is 0. The van der Waals surface area contributed by atoms with E-state index < -0.39 is 0 Å².